The summed E-state index contributed by atoms with van der Waals surface area (Å²) in [4.78, 5) is 0. The lowest BCUT2D eigenvalue weighted by molar-refractivity contribution is 1.62. The predicted octanol–water partition coefficient (Wildman–Crippen LogP) is 3.52. The molecule has 21 heavy (non-hydrogen) atoms. The van der Waals surface area contributed by atoms with E-state index in [0.29, 0.717) is 0 Å². The molecule has 0 fully saturated rings. The molecule has 104 valence electrons. The van der Waals surface area contributed by atoms with E-state index in [1.807, 2.05) is 0 Å². The summed E-state index contributed by atoms with van der Waals surface area (Å²) in [6.07, 6.45) is 0. The fraction of sp³-hybridized carbons (Fsp3) is 0. The Bertz CT molecular complexity index is 759. The van der Waals surface area contributed by atoms with Crippen LogP contribution in [-0.4, -0.2) is 0 Å². The Morgan fingerprint density at radius 3 is 1.52 bits per heavy atom. The van der Waals surface area contributed by atoms with E-state index in [9.17, 15) is 0 Å². The molecule has 0 amide bonds. The van der Waals surface area contributed by atoms with Gasteiger partial charge in [-0.05, 0) is 44.2 Å². The molecule has 3 rings (SSSR count). The standard InChI is InChI=1S/C18H17P3/c19-15-7-5-13(6-8-15)12-1-3-14(4-2-12)17-10-9-16(20)11-18(17)21/h1-11H,19-21H2. The number of hydrogen-bond acceptors (Lipinski definition) is 0. The maximum Gasteiger partial charge on any atom is -0.0112 e. The summed E-state index contributed by atoms with van der Waals surface area (Å²) in [5.41, 5.74) is 5.00. The molecule has 0 saturated carbocycles. The van der Waals surface area contributed by atoms with Crippen molar-refractivity contribution < 1.29 is 0 Å². The third kappa shape index (κ3) is 3.41. The molecule has 3 atom stereocenters. The summed E-state index contributed by atoms with van der Waals surface area (Å²) in [6, 6.07) is 23.8. The van der Waals surface area contributed by atoms with Crippen molar-refractivity contribution in [2.45, 2.75) is 0 Å². The maximum absolute atomic E-state index is 2.82. The minimum atomic E-state index is 1.21. The molecule has 3 heteroatoms. The van der Waals surface area contributed by atoms with E-state index in [-0.39, 0.29) is 0 Å². The van der Waals surface area contributed by atoms with E-state index >= 15 is 0 Å². The molecule has 0 spiro atoms. The van der Waals surface area contributed by atoms with Crippen molar-refractivity contribution in [1.82, 2.24) is 0 Å². The third-order valence-corrected chi connectivity index (χ3v) is 4.74. The molecule has 0 radical (unpaired) electrons. The van der Waals surface area contributed by atoms with Crippen LogP contribution in [0.2, 0.25) is 0 Å². The Morgan fingerprint density at radius 1 is 0.476 bits per heavy atom. The van der Waals surface area contributed by atoms with Crippen molar-refractivity contribution in [1.29, 1.82) is 0 Å². The molecule has 0 aliphatic carbocycles. The van der Waals surface area contributed by atoms with Gasteiger partial charge < -0.3 is 0 Å². The second-order valence-corrected chi connectivity index (χ2v) is 7.00. The van der Waals surface area contributed by atoms with Crippen LogP contribution in [0, 0.1) is 0 Å². The molecule has 3 aromatic carbocycles. The van der Waals surface area contributed by atoms with Crippen LogP contribution >= 0.6 is 27.7 Å². The van der Waals surface area contributed by atoms with Gasteiger partial charge in [-0.1, -0.05) is 60.7 Å². The highest BCUT2D eigenvalue weighted by Crippen LogP contribution is 2.24. The molecule has 0 nitrogen and oxygen atoms in total. The molecule has 0 heterocycles. The summed E-state index contributed by atoms with van der Waals surface area (Å²) in [6.45, 7) is 0. The maximum atomic E-state index is 2.82. The summed E-state index contributed by atoms with van der Waals surface area (Å²) in [5, 5.41) is 3.64. The molecule has 3 unspecified atom stereocenters. The van der Waals surface area contributed by atoms with Gasteiger partial charge in [-0.2, -0.15) is 0 Å². The molecule has 0 aliphatic rings. The first-order valence-corrected chi connectivity index (χ1v) is 8.48. The smallest absolute Gasteiger partial charge is 0.0112 e. The summed E-state index contributed by atoms with van der Waals surface area (Å²) in [7, 11) is 8.27. The fourth-order valence-corrected chi connectivity index (χ4v) is 3.48. The lowest BCUT2D eigenvalue weighted by Crippen LogP contribution is -2.03. The highest BCUT2D eigenvalue weighted by Gasteiger charge is 2.03. The third-order valence-electron chi connectivity index (χ3n) is 3.52. The normalized spacial score (nSPS) is 10.6. The molecular formula is C18H17P3. The predicted molar refractivity (Wildman–Crippen MR) is 105 cm³/mol. The molecular weight excluding hydrogens is 309 g/mol. The second kappa shape index (κ2) is 6.37. The van der Waals surface area contributed by atoms with E-state index < -0.39 is 0 Å². The van der Waals surface area contributed by atoms with Gasteiger partial charge in [0.05, 0.1) is 0 Å². The largest absolute Gasteiger partial charge is 0.106 e. The average molecular weight is 326 g/mol. The van der Waals surface area contributed by atoms with Gasteiger partial charge >= 0.3 is 0 Å². The number of benzene rings is 3. The highest BCUT2D eigenvalue weighted by atomic mass is 31.0. The lowest BCUT2D eigenvalue weighted by Gasteiger charge is -2.08. The van der Waals surface area contributed by atoms with Crippen LogP contribution in [0.5, 0.6) is 0 Å². The van der Waals surface area contributed by atoms with Gasteiger partial charge in [0.2, 0.25) is 0 Å². The van der Waals surface area contributed by atoms with Crippen molar-refractivity contribution in [3.63, 3.8) is 0 Å². The van der Waals surface area contributed by atoms with E-state index in [1.165, 1.54) is 38.2 Å². The van der Waals surface area contributed by atoms with E-state index in [4.69, 9.17) is 0 Å². The van der Waals surface area contributed by atoms with E-state index in [1.54, 1.807) is 0 Å². The van der Waals surface area contributed by atoms with Crippen molar-refractivity contribution in [3.8, 4) is 22.3 Å². The molecule has 0 N–H and O–H groups in total. The summed E-state index contributed by atoms with van der Waals surface area (Å²) in [5.74, 6) is 0. The first-order chi connectivity index (χ1) is 10.1. The SMILES string of the molecule is Pc1ccc(-c2ccc(-c3ccc(P)cc3P)cc2)cc1. The Kier molecular flexibility index (Phi) is 4.51. The van der Waals surface area contributed by atoms with Gasteiger partial charge in [0.1, 0.15) is 0 Å². The van der Waals surface area contributed by atoms with E-state index in [0.717, 1.165) is 0 Å². The van der Waals surface area contributed by atoms with Crippen LogP contribution in [0.1, 0.15) is 0 Å². The van der Waals surface area contributed by atoms with Crippen LogP contribution in [0.15, 0.2) is 66.7 Å². The van der Waals surface area contributed by atoms with Crippen molar-refractivity contribution in [3.05, 3.63) is 66.7 Å². The first-order valence-electron chi connectivity index (χ1n) is 6.75. The quantitative estimate of drug-likeness (QED) is 0.632. The Labute approximate surface area is 133 Å². The lowest BCUT2D eigenvalue weighted by atomic mass is 10.0. The first kappa shape index (κ1) is 14.9. The van der Waals surface area contributed by atoms with Gasteiger partial charge in [-0.25, -0.2) is 0 Å². The van der Waals surface area contributed by atoms with Crippen LogP contribution in [0.25, 0.3) is 22.3 Å². The van der Waals surface area contributed by atoms with Crippen LogP contribution in [0.4, 0.5) is 0 Å². The van der Waals surface area contributed by atoms with Crippen molar-refractivity contribution >= 4 is 43.6 Å². The molecule has 0 aromatic heterocycles. The topological polar surface area (TPSA) is 0 Å². The number of hydrogen-bond donors (Lipinski definition) is 0. The Hall–Kier alpha value is -1.05. The summed E-state index contributed by atoms with van der Waals surface area (Å²) >= 11 is 0. The minimum Gasteiger partial charge on any atom is -0.106 e. The molecule has 0 saturated heterocycles. The zero-order chi connectivity index (χ0) is 14.8. The van der Waals surface area contributed by atoms with Gasteiger partial charge in [0, 0.05) is 0 Å². The zero-order valence-corrected chi connectivity index (χ0v) is 15.0. The van der Waals surface area contributed by atoms with Gasteiger partial charge in [0.15, 0.2) is 0 Å². The van der Waals surface area contributed by atoms with Crippen molar-refractivity contribution in [2.24, 2.45) is 0 Å². The number of rotatable bonds is 2. The van der Waals surface area contributed by atoms with Gasteiger partial charge in [0.25, 0.3) is 0 Å². The van der Waals surface area contributed by atoms with Crippen molar-refractivity contribution in [2.75, 3.05) is 0 Å². The van der Waals surface area contributed by atoms with Gasteiger partial charge in [-0.15, -0.1) is 27.7 Å². The van der Waals surface area contributed by atoms with E-state index in [2.05, 4.69) is 94.4 Å². The molecule has 0 bridgehead atoms. The average Bonchev–Trinajstić information content (AvgIpc) is 2.48. The summed E-state index contributed by atoms with van der Waals surface area (Å²) < 4.78 is 0. The fourth-order valence-electron chi connectivity index (χ4n) is 2.36. The molecule has 3 aromatic rings. The highest BCUT2D eigenvalue weighted by molar-refractivity contribution is 7.29. The molecule has 0 aliphatic heterocycles. The van der Waals surface area contributed by atoms with Crippen LogP contribution < -0.4 is 15.9 Å². The Morgan fingerprint density at radius 2 is 0.952 bits per heavy atom. The Balaban J connectivity index is 1.95. The van der Waals surface area contributed by atoms with Gasteiger partial charge in [-0.3, -0.25) is 0 Å². The van der Waals surface area contributed by atoms with Crippen LogP contribution in [0.3, 0.4) is 0 Å². The monoisotopic (exact) mass is 326 g/mol. The zero-order valence-electron chi connectivity index (χ0n) is 11.6. The minimum absolute atomic E-state index is 1.21. The van der Waals surface area contributed by atoms with Crippen LogP contribution in [-0.2, 0) is 0 Å². The second-order valence-electron chi connectivity index (χ2n) is 5.05.